The molecule has 0 aromatic carbocycles. The van der Waals surface area contributed by atoms with E-state index in [1.165, 1.54) is 19.3 Å². The molecular formula is C17H32N2O3. The lowest BCUT2D eigenvalue weighted by Gasteiger charge is -2.31. The average molecular weight is 312 g/mol. The summed E-state index contributed by atoms with van der Waals surface area (Å²) in [5.74, 6) is 1.03. The zero-order valence-electron chi connectivity index (χ0n) is 14.3. The number of hydrogen-bond donors (Lipinski definition) is 2. The molecule has 1 amide bonds. The van der Waals surface area contributed by atoms with Gasteiger partial charge in [-0.1, -0.05) is 12.8 Å². The molecule has 1 saturated carbocycles. The minimum absolute atomic E-state index is 0.206. The fraction of sp³-hybridized carbons (Fsp3) is 0.941. The first-order chi connectivity index (χ1) is 10.4. The Bertz CT molecular complexity index is 367. The van der Waals surface area contributed by atoms with Crippen molar-refractivity contribution in [3.63, 3.8) is 0 Å². The highest BCUT2D eigenvalue weighted by molar-refractivity contribution is 5.68. The number of nitrogens with one attached hydrogen (secondary N) is 1. The first kappa shape index (κ1) is 17.5. The number of likely N-dealkylation sites (tertiary alicyclic amines) is 1. The summed E-state index contributed by atoms with van der Waals surface area (Å²) in [6, 6.07) is 0.355. The van der Waals surface area contributed by atoms with Gasteiger partial charge in [0.15, 0.2) is 0 Å². The Labute approximate surface area is 134 Å². The summed E-state index contributed by atoms with van der Waals surface area (Å²) in [4.78, 5) is 13.9. The number of rotatable bonds is 4. The number of nitrogens with zero attached hydrogens (tertiary/aromatic N) is 1. The molecule has 0 radical (unpaired) electrons. The van der Waals surface area contributed by atoms with Crippen molar-refractivity contribution >= 4 is 6.09 Å². The summed E-state index contributed by atoms with van der Waals surface area (Å²) in [6.07, 6.45) is 5.66. The lowest BCUT2D eigenvalue weighted by atomic mass is 9.79. The van der Waals surface area contributed by atoms with E-state index < -0.39 is 5.60 Å². The van der Waals surface area contributed by atoms with Crippen molar-refractivity contribution in [1.29, 1.82) is 0 Å². The van der Waals surface area contributed by atoms with E-state index >= 15 is 0 Å². The fourth-order valence-corrected chi connectivity index (χ4v) is 3.53. The van der Waals surface area contributed by atoms with Gasteiger partial charge in [-0.3, -0.25) is 0 Å². The quantitative estimate of drug-likeness (QED) is 0.837. The molecule has 5 nitrogen and oxygen atoms in total. The van der Waals surface area contributed by atoms with Crippen LogP contribution in [-0.4, -0.2) is 54.0 Å². The molecule has 128 valence electrons. The predicted molar refractivity (Wildman–Crippen MR) is 86.7 cm³/mol. The first-order valence-corrected chi connectivity index (χ1v) is 8.71. The molecule has 0 aromatic heterocycles. The van der Waals surface area contributed by atoms with Crippen molar-refractivity contribution in [3.05, 3.63) is 0 Å². The monoisotopic (exact) mass is 312 g/mol. The van der Waals surface area contributed by atoms with Gasteiger partial charge in [0.2, 0.25) is 0 Å². The Kier molecular flexibility index (Phi) is 6.09. The van der Waals surface area contributed by atoms with Gasteiger partial charge in [-0.25, -0.2) is 4.79 Å². The summed E-state index contributed by atoms with van der Waals surface area (Å²) < 4.78 is 5.43. The zero-order valence-corrected chi connectivity index (χ0v) is 14.3. The number of ether oxygens (including phenoxy) is 1. The van der Waals surface area contributed by atoms with Crippen molar-refractivity contribution in [2.75, 3.05) is 26.2 Å². The van der Waals surface area contributed by atoms with E-state index in [0.29, 0.717) is 24.5 Å². The molecule has 3 unspecified atom stereocenters. The van der Waals surface area contributed by atoms with E-state index in [1.807, 2.05) is 20.8 Å². The fourth-order valence-electron chi connectivity index (χ4n) is 3.53. The maximum atomic E-state index is 12.1. The SMILES string of the molecule is CC(C)(C)OC(=O)N1CCC(NCC2CCCCC2CO)C1. The van der Waals surface area contributed by atoms with Gasteiger partial charge >= 0.3 is 6.09 Å². The Morgan fingerprint density at radius 3 is 2.55 bits per heavy atom. The van der Waals surface area contributed by atoms with Gasteiger partial charge < -0.3 is 20.1 Å². The smallest absolute Gasteiger partial charge is 0.410 e. The summed E-state index contributed by atoms with van der Waals surface area (Å²) in [5, 5.41) is 13.1. The van der Waals surface area contributed by atoms with Crippen molar-refractivity contribution in [2.24, 2.45) is 11.8 Å². The van der Waals surface area contributed by atoms with Gasteiger partial charge in [0.05, 0.1) is 0 Å². The van der Waals surface area contributed by atoms with Crippen LogP contribution in [-0.2, 0) is 4.74 Å². The standard InChI is InChI=1S/C17H32N2O3/c1-17(2,3)22-16(21)19-9-8-15(11-19)18-10-13-6-4-5-7-14(13)12-20/h13-15,18,20H,4-12H2,1-3H3. The van der Waals surface area contributed by atoms with Gasteiger partial charge in [0.25, 0.3) is 0 Å². The molecular weight excluding hydrogens is 280 g/mol. The van der Waals surface area contributed by atoms with Gasteiger partial charge in [0, 0.05) is 25.7 Å². The number of aliphatic hydroxyl groups is 1. The third-order valence-corrected chi connectivity index (χ3v) is 4.81. The van der Waals surface area contributed by atoms with Crippen LogP contribution >= 0.6 is 0 Å². The highest BCUT2D eigenvalue weighted by atomic mass is 16.6. The minimum Gasteiger partial charge on any atom is -0.444 e. The lowest BCUT2D eigenvalue weighted by molar-refractivity contribution is 0.0290. The topological polar surface area (TPSA) is 61.8 Å². The molecule has 2 fully saturated rings. The second-order valence-electron chi connectivity index (χ2n) is 7.81. The zero-order chi connectivity index (χ0) is 16.2. The number of carbonyl (C=O) groups excluding carboxylic acids is 1. The van der Waals surface area contributed by atoms with Crippen molar-refractivity contribution in [3.8, 4) is 0 Å². The largest absolute Gasteiger partial charge is 0.444 e. The van der Waals surface area contributed by atoms with E-state index in [9.17, 15) is 9.90 Å². The van der Waals surface area contributed by atoms with Crippen molar-refractivity contribution in [2.45, 2.75) is 64.5 Å². The predicted octanol–water partition coefficient (Wildman–Crippen LogP) is 2.38. The molecule has 1 heterocycles. The highest BCUT2D eigenvalue weighted by Gasteiger charge is 2.31. The van der Waals surface area contributed by atoms with Gasteiger partial charge in [-0.05, 0) is 58.4 Å². The Hall–Kier alpha value is -0.810. The van der Waals surface area contributed by atoms with Crippen LogP contribution in [0.1, 0.15) is 52.9 Å². The van der Waals surface area contributed by atoms with Crippen LogP contribution < -0.4 is 5.32 Å². The third-order valence-electron chi connectivity index (χ3n) is 4.81. The Morgan fingerprint density at radius 1 is 1.23 bits per heavy atom. The van der Waals surface area contributed by atoms with Crippen LogP contribution in [0.25, 0.3) is 0 Å². The maximum absolute atomic E-state index is 12.1. The summed E-state index contributed by atoms with van der Waals surface area (Å²) >= 11 is 0. The number of amides is 1. The van der Waals surface area contributed by atoms with Crippen molar-refractivity contribution < 1.29 is 14.6 Å². The highest BCUT2D eigenvalue weighted by Crippen LogP contribution is 2.29. The molecule has 2 aliphatic rings. The molecule has 0 spiro atoms. The molecule has 22 heavy (non-hydrogen) atoms. The summed E-state index contributed by atoms with van der Waals surface area (Å²) in [6.45, 7) is 8.45. The first-order valence-electron chi connectivity index (χ1n) is 8.71. The van der Waals surface area contributed by atoms with Crippen LogP contribution in [0.2, 0.25) is 0 Å². The lowest BCUT2D eigenvalue weighted by Crippen LogP contribution is -2.41. The molecule has 1 aliphatic carbocycles. The molecule has 0 aromatic rings. The third kappa shape index (κ3) is 5.13. The molecule has 2 rings (SSSR count). The normalized spacial score (nSPS) is 29.6. The second-order valence-corrected chi connectivity index (χ2v) is 7.81. The Morgan fingerprint density at radius 2 is 1.91 bits per heavy atom. The Balaban J connectivity index is 1.73. The average Bonchev–Trinajstić information content (AvgIpc) is 2.92. The second kappa shape index (κ2) is 7.64. The summed E-state index contributed by atoms with van der Waals surface area (Å²) in [7, 11) is 0. The molecule has 1 aliphatic heterocycles. The van der Waals surface area contributed by atoms with Crippen molar-refractivity contribution in [1.82, 2.24) is 10.2 Å². The number of aliphatic hydroxyl groups excluding tert-OH is 1. The van der Waals surface area contributed by atoms with Crippen LogP contribution in [0.15, 0.2) is 0 Å². The molecule has 5 heteroatoms. The number of hydrogen-bond acceptors (Lipinski definition) is 4. The van der Waals surface area contributed by atoms with Gasteiger partial charge in [0.1, 0.15) is 5.60 Å². The molecule has 0 bridgehead atoms. The van der Waals surface area contributed by atoms with Gasteiger partial charge in [-0.2, -0.15) is 0 Å². The number of carbonyl (C=O) groups is 1. The molecule has 3 atom stereocenters. The van der Waals surface area contributed by atoms with E-state index in [2.05, 4.69) is 5.32 Å². The van der Waals surface area contributed by atoms with Crippen LogP contribution in [0.3, 0.4) is 0 Å². The maximum Gasteiger partial charge on any atom is 0.410 e. The van der Waals surface area contributed by atoms with E-state index in [0.717, 1.165) is 32.5 Å². The van der Waals surface area contributed by atoms with Gasteiger partial charge in [-0.15, -0.1) is 0 Å². The van der Waals surface area contributed by atoms with E-state index in [4.69, 9.17) is 4.74 Å². The molecule has 2 N–H and O–H groups in total. The van der Waals surface area contributed by atoms with E-state index in [-0.39, 0.29) is 6.09 Å². The van der Waals surface area contributed by atoms with Crippen LogP contribution in [0.4, 0.5) is 4.79 Å². The van der Waals surface area contributed by atoms with E-state index in [1.54, 1.807) is 4.90 Å². The minimum atomic E-state index is -0.432. The summed E-state index contributed by atoms with van der Waals surface area (Å²) in [5.41, 5.74) is -0.432. The van der Waals surface area contributed by atoms with Crippen LogP contribution in [0.5, 0.6) is 0 Å². The van der Waals surface area contributed by atoms with Crippen LogP contribution in [0, 0.1) is 11.8 Å². The molecule has 1 saturated heterocycles.